The molecule has 0 saturated heterocycles. The van der Waals surface area contributed by atoms with Crippen LogP contribution in [0.4, 0.5) is 5.82 Å². The highest BCUT2D eigenvalue weighted by Gasteiger charge is 2.19. The molecule has 5 nitrogen and oxygen atoms in total. The standard InChI is InChI=1S/C14H18N4OS/c1-5-6-15-12-10-9(4)11(13(19)18-8(2)3)20-14(10)17-7-16-12/h5,7-8H,1,6H2,2-4H3,(H,18,19)(H,15,16,17). The number of amides is 1. The summed E-state index contributed by atoms with van der Waals surface area (Å²) < 4.78 is 0. The number of rotatable bonds is 5. The molecule has 2 N–H and O–H groups in total. The molecule has 1 amide bonds. The number of hydrogen-bond donors (Lipinski definition) is 2. The van der Waals surface area contributed by atoms with Crippen molar-refractivity contribution in [1.82, 2.24) is 15.3 Å². The van der Waals surface area contributed by atoms with Crippen molar-refractivity contribution in [2.24, 2.45) is 0 Å². The van der Waals surface area contributed by atoms with E-state index in [-0.39, 0.29) is 11.9 Å². The maximum atomic E-state index is 12.2. The molecule has 0 aliphatic rings. The quantitative estimate of drug-likeness (QED) is 0.831. The van der Waals surface area contributed by atoms with Crippen LogP contribution in [0, 0.1) is 6.92 Å². The molecule has 20 heavy (non-hydrogen) atoms. The Morgan fingerprint density at radius 1 is 1.50 bits per heavy atom. The van der Waals surface area contributed by atoms with E-state index in [4.69, 9.17) is 0 Å². The molecule has 0 atom stereocenters. The summed E-state index contributed by atoms with van der Waals surface area (Å²) in [5.74, 6) is 0.683. The van der Waals surface area contributed by atoms with E-state index in [1.165, 1.54) is 17.7 Å². The molecular formula is C14H18N4OS. The normalized spacial score (nSPS) is 10.8. The van der Waals surface area contributed by atoms with Gasteiger partial charge in [-0.2, -0.15) is 0 Å². The molecule has 106 valence electrons. The van der Waals surface area contributed by atoms with Gasteiger partial charge >= 0.3 is 0 Å². The van der Waals surface area contributed by atoms with E-state index in [2.05, 4.69) is 27.2 Å². The predicted octanol–water partition coefficient (Wildman–Crippen LogP) is 2.74. The molecule has 2 aromatic rings. The van der Waals surface area contributed by atoms with Gasteiger partial charge in [0.1, 0.15) is 17.0 Å². The third-order valence-corrected chi connectivity index (χ3v) is 3.97. The first-order valence-corrected chi connectivity index (χ1v) is 7.26. The van der Waals surface area contributed by atoms with Crippen LogP contribution < -0.4 is 10.6 Å². The van der Waals surface area contributed by atoms with E-state index in [1.54, 1.807) is 6.08 Å². The van der Waals surface area contributed by atoms with Crippen molar-refractivity contribution in [3.8, 4) is 0 Å². The average molecular weight is 290 g/mol. The number of aromatic nitrogens is 2. The molecule has 0 bridgehead atoms. The number of fused-ring (bicyclic) bond motifs is 1. The van der Waals surface area contributed by atoms with Gasteiger partial charge in [-0.05, 0) is 26.3 Å². The lowest BCUT2D eigenvalue weighted by Gasteiger charge is -2.07. The maximum Gasteiger partial charge on any atom is 0.261 e. The van der Waals surface area contributed by atoms with E-state index in [0.717, 1.165) is 21.6 Å². The predicted molar refractivity (Wildman–Crippen MR) is 83.4 cm³/mol. The molecule has 0 aromatic carbocycles. The lowest BCUT2D eigenvalue weighted by atomic mass is 10.2. The minimum Gasteiger partial charge on any atom is -0.366 e. The zero-order valence-corrected chi connectivity index (χ0v) is 12.7. The third kappa shape index (κ3) is 2.80. The maximum absolute atomic E-state index is 12.2. The Kier molecular flexibility index (Phi) is 4.34. The van der Waals surface area contributed by atoms with Crippen LogP contribution in [-0.4, -0.2) is 28.5 Å². The Morgan fingerprint density at radius 3 is 2.90 bits per heavy atom. The highest BCUT2D eigenvalue weighted by Crippen LogP contribution is 2.33. The number of nitrogens with one attached hydrogen (secondary N) is 2. The first kappa shape index (κ1) is 14.5. The summed E-state index contributed by atoms with van der Waals surface area (Å²) in [6.07, 6.45) is 3.27. The van der Waals surface area contributed by atoms with E-state index >= 15 is 0 Å². The molecule has 0 aliphatic heterocycles. The first-order chi connectivity index (χ1) is 9.54. The van der Waals surface area contributed by atoms with Gasteiger partial charge in [0.15, 0.2) is 0 Å². The number of carbonyl (C=O) groups is 1. The molecule has 2 heterocycles. The van der Waals surface area contributed by atoms with E-state index in [1.807, 2.05) is 20.8 Å². The van der Waals surface area contributed by atoms with E-state index < -0.39 is 0 Å². The van der Waals surface area contributed by atoms with E-state index in [9.17, 15) is 4.79 Å². The van der Waals surface area contributed by atoms with Crippen LogP contribution in [0.5, 0.6) is 0 Å². The number of carbonyl (C=O) groups excluding carboxylic acids is 1. The van der Waals surface area contributed by atoms with Crippen LogP contribution in [0.3, 0.4) is 0 Å². The number of aryl methyl sites for hydroxylation is 1. The first-order valence-electron chi connectivity index (χ1n) is 6.44. The molecule has 0 fully saturated rings. The van der Waals surface area contributed by atoms with E-state index in [0.29, 0.717) is 11.4 Å². The van der Waals surface area contributed by atoms with Crippen LogP contribution in [0.25, 0.3) is 10.2 Å². The minimum atomic E-state index is -0.0600. The third-order valence-electron chi connectivity index (χ3n) is 2.77. The van der Waals surface area contributed by atoms with Crippen molar-refractivity contribution in [3.05, 3.63) is 29.4 Å². The lowest BCUT2D eigenvalue weighted by molar-refractivity contribution is 0.0947. The molecule has 0 spiro atoms. The smallest absolute Gasteiger partial charge is 0.261 e. The Morgan fingerprint density at radius 2 is 2.25 bits per heavy atom. The Hall–Kier alpha value is -1.95. The monoisotopic (exact) mass is 290 g/mol. The number of hydrogen-bond acceptors (Lipinski definition) is 5. The molecule has 2 aromatic heterocycles. The van der Waals surface area contributed by atoms with Crippen molar-refractivity contribution in [2.45, 2.75) is 26.8 Å². The lowest BCUT2D eigenvalue weighted by Crippen LogP contribution is -2.29. The van der Waals surface area contributed by atoms with Crippen LogP contribution in [0.2, 0.25) is 0 Å². The fraction of sp³-hybridized carbons (Fsp3) is 0.357. The van der Waals surface area contributed by atoms with Crippen molar-refractivity contribution in [1.29, 1.82) is 0 Å². The second-order valence-electron chi connectivity index (χ2n) is 4.76. The summed E-state index contributed by atoms with van der Waals surface area (Å²) in [4.78, 5) is 22.2. The molecular weight excluding hydrogens is 272 g/mol. The molecule has 0 unspecified atom stereocenters. The summed E-state index contributed by atoms with van der Waals surface area (Å²) in [6, 6.07) is 0.108. The highest BCUT2D eigenvalue weighted by molar-refractivity contribution is 7.20. The van der Waals surface area contributed by atoms with Crippen LogP contribution in [-0.2, 0) is 0 Å². The second kappa shape index (κ2) is 6.00. The van der Waals surface area contributed by atoms with Crippen molar-refractivity contribution < 1.29 is 4.79 Å². The van der Waals surface area contributed by atoms with Gasteiger partial charge in [-0.1, -0.05) is 6.08 Å². The summed E-state index contributed by atoms with van der Waals surface area (Å²) in [7, 11) is 0. The summed E-state index contributed by atoms with van der Waals surface area (Å²) in [6.45, 7) is 10.1. The molecule has 2 rings (SSSR count). The fourth-order valence-electron chi connectivity index (χ4n) is 1.92. The summed E-state index contributed by atoms with van der Waals surface area (Å²) in [5.41, 5.74) is 0.912. The Labute approximate surface area is 122 Å². The second-order valence-corrected chi connectivity index (χ2v) is 5.76. The van der Waals surface area contributed by atoms with Crippen LogP contribution in [0.1, 0.15) is 29.1 Å². The number of nitrogens with zero attached hydrogens (tertiary/aromatic N) is 2. The van der Waals surface area contributed by atoms with Gasteiger partial charge in [0.25, 0.3) is 5.91 Å². The average Bonchev–Trinajstić information content (AvgIpc) is 2.74. The van der Waals surface area contributed by atoms with Crippen LogP contribution in [0.15, 0.2) is 19.0 Å². The largest absolute Gasteiger partial charge is 0.366 e. The molecule has 6 heteroatoms. The summed E-state index contributed by atoms with van der Waals surface area (Å²) in [5, 5.41) is 7.00. The zero-order chi connectivity index (χ0) is 14.7. The molecule has 0 saturated carbocycles. The number of thiophene rings is 1. The van der Waals surface area contributed by atoms with Gasteiger partial charge in [0.05, 0.1) is 10.3 Å². The summed E-state index contributed by atoms with van der Waals surface area (Å²) >= 11 is 1.39. The zero-order valence-electron chi connectivity index (χ0n) is 11.9. The van der Waals surface area contributed by atoms with Crippen molar-refractivity contribution in [2.75, 3.05) is 11.9 Å². The minimum absolute atomic E-state index is 0.0600. The number of anilines is 1. The molecule has 0 aliphatic carbocycles. The van der Waals surface area contributed by atoms with Gasteiger partial charge in [-0.15, -0.1) is 17.9 Å². The van der Waals surface area contributed by atoms with Gasteiger partial charge in [0.2, 0.25) is 0 Å². The fourth-order valence-corrected chi connectivity index (χ4v) is 2.97. The van der Waals surface area contributed by atoms with Gasteiger partial charge in [0, 0.05) is 12.6 Å². The van der Waals surface area contributed by atoms with Crippen molar-refractivity contribution >= 4 is 33.3 Å². The van der Waals surface area contributed by atoms with Crippen molar-refractivity contribution in [3.63, 3.8) is 0 Å². The van der Waals surface area contributed by atoms with Gasteiger partial charge in [-0.25, -0.2) is 9.97 Å². The molecule has 0 radical (unpaired) electrons. The Balaban J connectivity index is 2.47. The van der Waals surface area contributed by atoms with Crippen LogP contribution >= 0.6 is 11.3 Å². The van der Waals surface area contributed by atoms with Gasteiger partial charge < -0.3 is 10.6 Å². The Bertz CT molecular complexity index is 648. The topological polar surface area (TPSA) is 66.9 Å². The van der Waals surface area contributed by atoms with Gasteiger partial charge in [-0.3, -0.25) is 4.79 Å². The highest BCUT2D eigenvalue weighted by atomic mass is 32.1. The SMILES string of the molecule is C=CCNc1ncnc2sc(C(=O)NC(C)C)c(C)c12.